The van der Waals surface area contributed by atoms with E-state index < -0.39 is 21.8 Å². The molecule has 0 bridgehead atoms. The number of oxime groups is 1. The third-order valence-corrected chi connectivity index (χ3v) is 2.57. The smallest absolute Gasteiger partial charge is 0.366 e. The normalized spacial score (nSPS) is 12.4. The highest BCUT2D eigenvalue weighted by atomic mass is 32.2. The monoisotopic (exact) mass is 312 g/mol. The highest BCUT2D eigenvalue weighted by Crippen LogP contribution is 2.16. The second-order valence-corrected chi connectivity index (χ2v) is 5.48. The first-order chi connectivity index (χ1) is 9.90. The molecular formula is C12H12N2O6S. The Bertz CT molecular complexity index is 760. The third kappa shape index (κ3) is 3.78. The lowest BCUT2D eigenvalue weighted by Crippen LogP contribution is -2.20. The summed E-state index contributed by atoms with van der Waals surface area (Å²) in [6.07, 6.45) is 0.797. The minimum absolute atomic E-state index is 0.0803. The van der Waals surface area contributed by atoms with Gasteiger partial charge in [-0.2, -0.15) is 8.42 Å². The van der Waals surface area contributed by atoms with E-state index in [1.54, 1.807) is 31.2 Å². The fraction of sp³-hybridized carbons (Fsp3) is 0.250. The fourth-order valence-corrected chi connectivity index (χ4v) is 1.65. The Morgan fingerprint density at radius 3 is 2.71 bits per heavy atom. The largest absolute Gasteiger partial charge is 0.461 e. The van der Waals surface area contributed by atoms with Gasteiger partial charge in [0.25, 0.3) is 11.6 Å². The molecule has 0 radical (unpaired) electrons. The third-order valence-electron chi connectivity index (χ3n) is 2.23. The standard InChI is InChI=1S/C12H12N2O6S/c1-3-18-12(15)10(14-20-21(2,16)17)11-13-8-6-4-5-7-9(8)19-11/h4-7H,3H2,1-2H3. The molecule has 0 amide bonds. The quantitative estimate of drug-likeness (QED) is 0.461. The molecule has 21 heavy (non-hydrogen) atoms. The summed E-state index contributed by atoms with van der Waals surface area (Å²) in [6, 6.07) is 6.78. The Morgan fingerprint density at radius 1 is 1.38 bits per heavy atom. The van der Waals surface area contributed by atoms with Gasteiger partial charge in [-0.25, -0.2) is 9.78 Å². The van der Waals surface area contributed by atoms with Gasteiger partial charge in [-0.05, 0) is 19.1 Å². The number of ether oxygens (including phenoxy) is 1. The molecule has 0 spiro atoms. The van der Waals surface area contributed by atoms with E-state index in [0.717, 1.165) is 6.26 Å². The van der Waals surface area contributed by atoms with Crippen LogP contribution in [0.1, 0.15) is 12.8 Å². The molecule has 0 saturated heterocycles. The first-order valence-electron chi connectivity index (χ1n) is 5.90. The predicted molar refractivity (Wildman–Crippen MR) is 73.1 cm³/mol. The summed E-state index contributed by atoms with van der Waals surface area (Å²) < 4.78 is 36.4. The second kappa shape index (κ2) is 5.92. The summed E-state index contributed by atoms with van der Waals surface area (Å²) in [5.74, 6) is -1.08. The summed E-state index contributed by atoms with van der Waals surface area (Å²) in [7, 11) is -3.87. The first kappa shape index (κ1) is 15.0. The lowest BCUT2D eigenvalue weighted by Gasteiger charge is -2.01. The van der Waals surface area contributed by atoms with Crippen molar-refractivity contribution in [3.05, 3.63) is 30.2 Å². The van der Waals surface area contributed by atoms with E-state index in [4.69, 9.17) is 9.15 Å². The fourth-order valence-electron chi connectivity index (χ4n) is 1.44. The number of aromatic nitrogens is 1. The van der Waals surface area contributed by atoms with E-state index in [2.05, 4.69) is 14.4 Å². The molecule has 112 valence electrons. The van der Waals surface area contributed by atoms with Gasteiger partial charge in [0.05, 0.1) is 12.9 Å². The van der Waals surface area contributed by atoms with Crippen LogP contribution in [0.2, 0.25) is 0 Å². The van der Waals surface area contributed by atoms with Gasteiger partial charge < -0.3 is 9.15 Å². The number of nitrogens with zero attached hydrogens (tertiary/aromatic N) is 2. The Morgan fingerprint density at radius 2 is 2.10 bits per heavy atom. The number of rotatable bonds is 5. The van der Waals surface area contributed by atoms with Crippen LogP contribution in [0.4, 0.5) is 0 Å². The molecule has 0 atom stereocenters. The molecule has 0 fully saturated rings. The van der Waals surface area contributed by atoms with Crippen LogP contribution in [0.15, 0.2) is 33.8 Å². The van der Waals surface area contributed by atoms with Gasteiger partial charge in [0, 0.05) is 0 Å². The number of esters is 1. The lowest BCUT2D eigenvalue weighted by molar-refractivity contribution is -0.135. The van der Waals surface area contributed by atoms with Crippen LogP contribution in [0.3, 0.4) is 0 Å². The summed E-state index contributed by atoms with van der Waals surface area (Å²) in [5.41, 5.74) is 0.450. The molecule has 0 aliphatic rings. The van der Waals surface area contributed by atoms with E-state index >= 15 is 0 Å². The second-order valence-electron chi connectivity index (χ2n) is 3.93. The molecule has 2 aromatic rings. The zero-order chi connectivity index (χ0) is 15.5. The van der Waals surface area contributed by atoms with Crippen LogP contribution in [-0.2, 0) is 23.9 Å². The van der Waals surface area contributed by atoms with Crippen molar-refractivity contribution in [2.24, 2.45) is 5.16 Å². The number of carbonyl (C=O) groups excluding carboxylic acids is 1. The van der Waals surface area contributed by atoms with Gasteiger partial charge in [-0.3, -0.25) is 4.28 Å². The number of oxazole rings is 1. The van der Waals surface area contributed by atoms with Crippen LogP contribution >= 0.6 is 0 Å². The number of fused-ring (bicyclic) bond motifs is 1. The van der Waals surface area contributed by atoms with Crippen molar-refractivity contribution < 1.29 is 26.7 Å². The van der Waals surface area contributed by atoms with E-state index in [0.29, 0.717) is 11.1 Å². The molecule has 1 aromatic carbocycles. The van der Waals surface area contributed by atoms with Crippen molar-refractivity contribution in [3.63, 3.8) is 0 Å². The van der Waals surface area contributed by atoms with Crippen molar-refractivity contribution in [1.29, 1.82) is 0 Å². The Kier molecular flexibility index (Phi) is 4.22. The van der Waals surface area contributed by atoms with Crippen LogP contribution in [0, 0.1) is 0 Å². The Labute approximate surface area is 120 Å². The van der Waals surface area contributed by atoms with Gasteiger partial charge in [0.2, 0.25) is 0 Å². The molecule has 9 heteroatoms. The van der Waals surface area contributed by atoms with Gasteiger partial charge in [-0.1, -0.05) is 17.3 Å². The summed E-state index contributed by atoms with van der Waals surface area (Å²) in [5, 5.41) is 3.28. The van der Waals surface area contributed by atoms with Crippen molar-refractivity contribution in [1.82, 2.24) is 4.98 Å². The van der Waals surface area contributed by atoms with Crippen molar-refractivity contribution in [3.8, 4) is 0 Å². The minimum atomic E-state index is -3.87. The van der Waals surface area contributed by atoms with Crippen LogP contribution in [-0.4, -0.2) is 37.9 Å². The maximum absolute atomic E-state index is 11.8. The Hall–Kier alpha value is -2.42. The molecule has 0 aliphatic heterocycles. The van der Waals surface area contributed by atoms with Crippen molar-refractivity contribution in [2.45, 2.75) is 6.92 Å². The lowest BCUT2D eigenvalue weighted by atomic mass is 10.3. The SMILES string of the molecule is CCOC(=O)C(=NOS(C)(=O)=O)c1nc2ccccc2o1. The number of hydrogen-bond acceptors (Lipinski definition) is 8. The molecule has 8 nitrogen and oxygen atoms in total. The van der Waals surface area contributed by atoms with Crippen LogP contribution in [0.5, 0.6) is 0 Å². The number of hydrogen-bond donors (Lipinski definition) is 0. The predicted octanol–water partition coefficient (Wildman–Crippen LogP) is 1.07. The Balaban J connectivity index is 2.45. The molecule has 0 unspecified atom stereocenters. The molecule has 0 saturated carbocycles. The molecule has 0 N–H and O–H groups in total. The van der Waals surface area contributed by atoms with Gasteiger partial charge in [0.15, 0.2) is 5.58 Å². The highest BCUT2D eigenvalue weighted by molar-refractivity contribution is 7.85. The number of carbonyl (C=O) groups is 1. The average molecular weight is 312 g/mol. The molecular weight excluding hydrogens is 300 g/mol. The topological polar surface area (TPSA) is 108 Å². The summed E-state index contributed by atoms with van der Waals surface area (Å²) in [4.78, 5) is 15.9. The maximum Gasteiger partial charge on any atom is 0.366 e. The van der Waals surface area contributed by atoms with E-state index in [-0.39, 0.29) is 12.5 Å². The maximum atomic E-state index is 11.8. The molecule has 0 aliphatic carbocycles. The first-order valence-corrected chi connectivity index (χ1v) is 7.72. The van der Waals surface area contributed by atoms with E-state index in [9.17, 15) is 13.2 Å². The summed E-state index contributed by atoms with van der Waals surface area (Å²) >= 11 is 0. The van der Waals surface area contributed by atoms with Gasteiger partial charge in [-0.15, -0.1) is 0 Å². The average Bonchev–Trinajstić information content (AvgIpc) is 2.81. The zero-order valence-electron chi connectivity index (χ0n) is 11.3. The van der Waals surface area contributed by atoms with E-state index in [1.807, 2.05) is 0 Å². The van der Waals surface area contributed by atoms with Crippen molar-refractivity contribution in [2.75, 3.05) is 12.9 Å². The summed E-state index contributed by atoms with van der Waals surface area (Å²) in [6.45, 7) is 1.68. The van der Waals surface area contributed by atoms with E-state index in [1.165, 1.54) is 0 Å². The van der Waals surface area contributed by atoms with Crippen LogP contribution < -0.4 is 0 Å². The molecule has 1 aromatic heterocycles. The molecule has 2 rings (SSSR count). The number of para-hydroxylation sites is 2. The van der Waals surface area contributed by atoms with Crippen LogP contribution in [0.25, 0.3) is 11.1 Å². The van der Waals surface area contributed by atoms with Gasteiger partial charge >= 0.3 is 16.1 Å². The molecule has 1 heterocycles. The highest BCUT2D eigenvalue weighted by Gasteiger charge is 2.23. The minimum Gasteiger partial charge on any atom is -0.461 e. The zero-order valence-corrected chi connectivity index (χ0v) is 12.1. The number of benzene rings is 1. The van der Waals surface area contributed by atoms with Crippen molar-refractivity contribution >= 4 is 32.9 Å². The van der Waals surface area contributed by atoms with Gasteiger partial charge in [0.1, 0.15) is 5.52 Å².